The van der Waals surface area contributed by atoms with E-state index in [1.165, 1.54) is 10.6 Å². The Kier molecular flexibility index (Phi) is 2.46. The number of nitrogens with zero attached hydrogens (tertiary/aromatic N) is 1. The molecule has 0 saturated carbocycles. The van der Waals surface area contributed by atoms with Crippen LogP contribution in [-0.2, 0) is 7.05 Å². The van der Waals surface area contributed by atoms with Crippen molar-refractivity contribution in [1.82, 2.24) is 9.99 Å². The Labute approximate surface area is 91.5 Å². The Morgan fingerprint density at radius 1 is 1.38 bits per heavy atom. The summed E-state index contributed by atoms with van der Waals surface area (Å²) in [5.74, 6) is 4.61. The van der Waals surface area contributed by atoms with Gasteiger partial charge in [-0.3, -0.25) is 15.0 Å². The Hall–Kier alpha value is -2.14. The van der Waals surface area contributed by atoms with Crippen LogP contribution >= 0.6 is 0 Å². The van der Waals surface area contributed by atoms with Crippen LogP contribution in [0.2, 0.25) is 0 Å². The third kappa shape index (κ3) is 1.47. The molecule has 1 heterocycles. The van der Waals surface area contributed by atoms with Gasteiger partial charge in [0.15, 0.2) is 0 Å². The van der Waals surface area contributed by atoms with Crippen molar-refractivity contribution in [3.8, 4) is 0 Å². The minimum absolute atomic E-state index is 0.239. The minimum atomic E-state index is -0.464. The SMILES string of the molecule is Cn1c(=O)cc(C(=O)NN)c2ccccc21. The summed E-state index contributed by atoms with van der Waals surface area (Å²) in [6.45, 7) is 0. The molecule has 0 bridgehead atoms. The van der Waals surface area contributed by atoms with Gasteiger partial charge in [0, 0.05) is 18.5 Å². The molecule has 5 nitrogen and oxygen atoms in total. The Morgan fingerprint density at radius 2 is 2.06 bits per heavy atom. The number of rotatable bonds is 1. The lowest BCUT2D eigenvalue weighted by Gasteiger charge is -2.08. The molecule has 0 atom stereocenters. The van der Waals surface area contributed by atoms with Crippen LogP contribution in [0.4, 0.5) is 0 Å². The first-order chi connectivity index (χ1) is 7.65. The quantitative estimate of drug-likeness (QED) is 0.405. The van der Waals surface area contributed by atoms with Crippen molar-refractivity contribution in [3.63, 3.8) is 0 Å². The molecule has 0 radical (unpaired) electrons. The summed E-state index contributed by atoms with van der Waals surface area (Å²) in [6, 6.07) is 8.46. The molecule has 1 amide bonds. The fourth-order valence-electron chi connectivity index (χ4n) is 1.68. The first-order valence-corrected chi connectivity index (χ1v) is 4.75. The number of hydrogen-bond donors (Lipinski definition) is 2. The molecular weight excluding hydrogens is 206 g/mol. The molecule has 0 aliphatic rings. The molecule has 0 spiro atoms. The second-order valence-electron chi connectivity index (χ2n) is 3.45. The summed E-state index contributed by atoms with van der Waals surface area (Å²) in [5, 5.41) is 0.701. The average Bonchev–Trinajstić information content (AvgIpc) is 2.33. The topological polar surface area (TPSA) is 77.1 Å². The van der Waals surface area contributed by atoms with E-state index in [0.29, 0.717) is 16.5 Å². The second-order valence-corrected chi connectivity index (χ2v) is 3.45. The van der Waals surface area contributed by atoms with Gasteiger partial charge >= 0.3 is 0 Å². The van der Waals surface area contributed by atoms with Crippen LogP contribution in [0, 0.1) is 0 Å². The Morgan fingerprint density at radius 3 is 2.75 bits per heavy atom. The van der Waals surface area contributed by atoms with E-state index in [1.807, 2.05) is 11.5 Å². The lowest BCUT2D eigenvalue weighted by atomic mass is 10.1. The van der Waals surface area contributed by atoms with Crippen LogP contribution in [0.25, 0.3) is 10.9 Å². The van der Waals surface area contributed by atoms with E-state index in [2.05, 4.69) is 0 Å². The maximum atomic E-state index is 11.6. The number of hydrazine groups is 1. The monoisotopic (exact) mass is 217 g/mol. The van der Waals surface area contributed by atoms with E-state index in [9.17, 15) is 9.59 Å². The van der Waals surface area contributed by atoms with Gasteiger partial charge in [-0.2, -0.15) is 0 Å². The van der Waals surface area contributed by atoms with Crippen LogP contribution in [0.5, 0.6) is 0 Å². The van der Waals surface area contributed by atoms with E-state index < -0.39 is 5.91 Å². The van der Waals surface area contributed by atoms with Crippen molar-refractivity contribution in [1.29, 1.82) is 0 Å². The number of para-hydroxylation sites is 1. The molecule has 0 unspecified atom stereocenters. The van der Waals surface area contributed by atoms with Gasteiger partial charge in [-0.1, -0.05) is 18.2 Å². The van der Waals surface area contributed by atoms with Gasteiger partial charge in [-0.15, -0.1) is 0 Å². The van der Waals surface area contributed by atoms with Crippen molar-refractivity contribution in [3.05, 3.63) is 46.2 Å². The zero-order valence-electron chi connectivity index (χ0n) is 8.73. The number of carbonyl (C=O) groups is 1. The molecular formula is C11H11N3O2. The van der Waals surface area contributed by atoms with Gasteiger partial charge in [0.1, 0.15) is 0 Å². The molecule has 2 rings (SSSR count). The van der Waals surface area contributed by atoms with E-state index in [1.54, 1.807) is 25.2 Å². The summed E-state index contributed by atoms with van der Waals surface area (Å²) < 4.78 is 1.49. The Balaban J connectivity index is 2.90. The number of amides is 1. The number of pyridine rings is 1. The maximum absolute atomic E-state index is 11.6. The van der Waals surface area contributed by atoms with Crippen LogP contribution in [0.1, 0.15) is 10.4 Å². The van der Waals surface area contributed by atoms with E-state index in [0.717, 1.165) is 0 Å². The van der Waals surface area contributed by atoms with E-state index in [-0.39, 0.29) is 5.56 Å². The van der Waals surface area contributed by atoms with Crippen LogP contribution in [0.15, 0.2) is 35.1 Å². The van der Waals surface area contributed by atoms with E-state index in [4.69, 9.17) is 5.84 Å². The number of hydrogen-bond acceptors (Lipinski definition) is 3. The molecule has 3 N–H and O–H groups in total. The summed E-state index contributed by atoms with van der Waals surface area (Å²) in [7, 11) is 1.66. The number of aromatic nitrogens is 1. The molecule has 1 aromatic carbocycles. The number of nitrogen functional groups attached to an aromatic ring is 1. The van der Waals surface area contributed by atoms with Crippen LogP contribution in [-0.4, -0.2) is 10.5 Å². The third-order valence-corrected chi connectivity index (χ3v) is 2.53. The highest BCUT2D eigenvalue weighted by Gasteiger charge is 2.11. The van der Waals surface area contributed by atoms with Gasteiger partial charge in [0.05, 0.1) is 11.1 Å². The van der Waals surface area contributed by atoms with Crippen molar-refractivity contribution in [2.45, 2.75) is 0 Å². The predicted octanol–water partition coefficient (Wildman–Crippen LogP) is 0.142. The number of nitrogens with one attached hydrogen (secondary N) is 1. The lowest BCUT2D eigenvalue weighted by Crippen LogP contribution is -2.31. The zero-order chi connectivity index (χ0) is 11.7. The molecule has 0 aliphatic heterocycles. The van der Waals surface area contributed by atoms with Gasteiger partial charge in [0.2, 0.25) is 0 Å². The smallest absolute Gasteiger partial charge is 0.266 e. The molecule has 82 valence electrons. The van der Waals surface area contributed by atoms with Gasteiger partial charge in [0.25, 0.3) is 11.5 Å². The molecule has 16 heavy (non-hydrogen) atoms. The van der Waals surface area contributed by atoms with Crippen molar-refractivity contribution in [2.75, 3.05) is 0 Å². The number of fused-ring (bicyclic) bond motifs is 1. The summed E-state index contributed by atoms with van der Waals surface area (Å²) in [4.78, 5) is 23.1. The van der Waals surface area contributed by atoms with Gasteiger partial charge in [-0.05, 0) is 6.07 Å². The number of aryl methyl sites for hydroxylation is 1. The fourth-order valence-corrected chi connectivity index (χ4v) is 1.68. The maximum Gasteiger partial charge on any atom is 0.266 e. The molecule has 1 aromatic heterocycles. The normalized spacial score (nSPS) is 10.4. The molecule has 0 saturated heterocycles. The van der Waals surface area contributed by atoms with Gasteiger partial charge in [-0.25, -0.2) is 5.84 Å². The molecule has 5 heteroatoms. The largest absolute Gasteiger partial charge is 0.311 e. The first-order valence-electron chi connectivity index (χ1n) is 4.75. The lowest BCUT2D eigenvalue weighted by molar-refractivity contribution is 0.0955. The predicted molar refractivity (Wildman–Crippen MR) is 60.8 cm³/mol. The number of benzene rings is 1. The minimum Gasteiger partial charge on any atom is -0.311 e. The Bertz CT molecular complexity index is 616. The summed E-state index contributed by atoms with van der Waals surface area (Å²) in [5.41, 5.74) is 2.79. The average molecular weight is 217 g/mol. The van der Waals surface area contributed by atoms with Gasteiger partial charge < -0.3 is 4.57 Å². The van der Waals surface area contributed by atoms with Crippen molar-refractivity contribution >= 4 is 16.8 Å². The summed E-state index contributed by atoms with van der Waals surface area (Å²) in [6.07, 6.45) is 0. The second kappa shape index (κ2) is 3.79. The van der Waals surface area contributed by atoms with Crippen molar-refractivity contribution in [2.24, 2.45) is 12.9 Å². The zero-order valence-corrected chi connectivity index (χ0v) is 8.73. The number of carbonyl (C=O) groups excluding carboxylic acids is 1. The molecule has 0 fully saturated rings. The molecule has 2 aromatic rings. The highest BCUT2D eigenvalue weighted by Crippen LogP contribution is 2.15. The van der Waals surface area contributed by atoms with E-state index >= 15 is 0 Å². The summed E-state index contributed by atoms with van der Waals surface area (Å²) >= 11 is 0. The van der Waals surface area contributed by atoms with Crippen LogP contribution in [0.3, 0.4) is 0 Å². The molecule has 0 aliphatic carbocycles. The van der Waals surface area contributed by atoms with Crippen LogP contribution < -0.4 is 16.8 Å². The number of nitrogens with two attached hydrogens (primary N) is 1. The van der Waals surface area contributed by atoms with Crippen molar-refractivity contribution < 1.29 is 4.79 Å². The fraction of sp³-hybridized carbons (Fsp3) is 0.0909. The first kappa shape index (κ1) is 10.4. The highest BCUT2D eigenvalue weighted by molar-refractivity contribution is 6.05. The third-order valence-electron chi connectivity index (χ3n) is 2.53. The highest BCUT2D eigenvalue weighted by atomic mass is 16.2. The standard InChI is InChI=1S/C11H11N3O2/c1-14-9-5-3-2-4-7(9)8(6-10(14)15)11(16)13-12/h2-6H,12H2,1H3,(H,13,16).